The molecule has 0 saturated heterocycles. The van der Waals surface area contributed by atoms with Gasteiger partial charge in [-0.25, -0.2) is 4.98 Å². The summed E-state index contributed by atoms with van der Waals surface area (Å²) in [6.45, 7) is 1.96. The summed E-state index contributed by atoms with van der Waals surface area (Å²) in [4.78, 5) is 16.6. The molecule has 0 spiro atoms. The number of nitrogens with two attached hydrogens (primary N) is 1. The molecule has 2 heterocycles. The van der Waals surface area contributed by atoms with Crippen LogP contribution in [0.15, 0.2) is 23.5 Å². The normalized spacial score (nSPS) is 10.4. The van der Waals surface area contributed by atoms with Crippen LogP contribution in [0.1, 0.15) is 5.56 Å². The Hall–Kier alpha value is -1.69. The Morgan fingerprint density at radius 2 is 2.06 bits per heavy atom. The number of aryl methyl sites for hydroxylation is 1. The molecule has 0 fully saturated rings. The van der Waals surface area contributed by atoms with Crippen molar-refractivity contribution in [2.24, 2.45) is 0 Å². The van der Waals surface area contributed by atoms with Gasteiger partial charge in [-0.15, -0.1) is 0 Å². The van der Waals surface area contributed by atoms with Gasteiger partial charge in [0.15, 0.2) is 11.0 Å². The van der Waals surface area contributed by atoms with Crippen molar-refractivity contribution in [2.45, 2.75) is 12.1 Å². The van der Waals surface area contributed by atoms with E-state index in [9.17, 15) is 0 Å². The Morgan fingerprint density at radius 3 is 2.75 bits per heavy atom. The molecule has 2 aromatic heterocycles. The first-order chi connectivity index (χ1) is 7.70. The highest BCUT2D eigenvalue weighted by molar-refractivity contribution is 7.98. The Labute approximate surface area is 97.6 Å². The van der Waals surface area contributed by atoms with E-state index in [1.165, 1.54) is 11.8 Å². The van der Waals surface area contributed by atoms with Crippen molar-refractivity contribution in [2.75, 3.05) is 12.0 Å². The number of nitrogens with zero attached hydrogens (tertiary/aromatic N) is 4. The number of nitrogen functional groups attached to an aromatic ring is 1. The van der Waals surface area contributed by atoms with Crippen molar-refractivity contribution >= 4 is 17.7 Å². The van der Waals surface area contributed by atoms with Crippen molar-refractivity contribution in [3.8, 4) is 11.5 Å². The number of aromatic nitrogens is 4. The average Bonchev–Trinajstić information content (AvgIpc) is 2.28. The largest absolute Gasteiger partial charge is 0.368 e. The predicted molar refractivity (Wildman–Crippen MR) is 64.0 cm³/mol. The average molecular weight is 233 g/mol. The molecule has 16 heavy (non-hydrogen) atoms. The summed E-state index contributed by atoms with van der Waals surface area (Å²) >= 11 is 1.43. The molecular formula is C10H11N5S. The minimum absolute atomic E-state index is 0.222. The molecule has 0 aliphatic heterocycles. The molecular weight excluding hydrogens is 222 g/mol. The first-order valence-electron chi connectivity index (χ1n) is 4.68. The standard InChI is InChI=1S/C10H11N5S/c1-6-4-3-5-12-7(6)8-13-9(11)15-10(14-8)16-2/h3-5H,1-2H3,(H2,11,13,14,15). The second-order valence-corrected chi connectivity index (χ2v) is 3.95. The molecule has 2 N–H and O–H groups in total. The van der Waals surface area contributed by atoms with Gasteiger partial charge in [-0.05, 0) is 24.8 Å². The summed E-state index contributed by atoms with van der Waals surface area (Å²) in [7, 11) is 0. The summed E-state index contributed by atoms with van der Waals surface area (Å²) in [5, 5.41) is 0.604. The number of anilines is 1. The highest BCUT2D eigenvalue weighted by Crippen LogP contribution is 2.19. The smallest absolute Gasteiger partial charge is 0.224 e. The van der Waals surface area contributed by atoms with Crippen molar-refractivity contribution in [1.82, 2.24) is 19.9 Å². The molecule has 0 amide bonds. The van der Waals surface area contributed by atoms with E-state index in [1.807, 2.05) is 25.3 Å². The second kappa shape index (κ2) is 4.44. The van der Waals surface area contributed by atoms with E-state index in [-0.39, 0.29) is 5.95 Å². The quantitative estimate of drug-likeness (QED) is 0.793. The molecule has 2 aromatic rings. The van der Waals surface area contributed by atoms with Crippen LogP contribution in [0.3, 0.4) is 0 Å². The summed E-state index contributed by atoms with van der Waals surface area (Å²) in [6, 6.07) is 3.83. The van der Waals surface area contributed by atoms with Gasteiger partial charge in [0.2, 0.25) is 5.95 Å². The van der Waals surface area contributed by atoms with Crippen molar-refractivity contribution in [1.29, 1.82) is 0 Å². The molecule has 5 nitrogen and oxygen atoms in total. The van der Waals surface area contributed by atoms with Gasteiger partial charge in [0.25, 0.3) is 0 Å². The van der Waals surface area contributed by atoms with Gasteiger partial charge in [-0.2, -0.15) is 9.97 Å². The van der Waals surface area contributed by atoms with Crippen LogP contribution in [0.25, 0.3) is 11.5 Å². The summed E-state index contributed by atoms with van der Waals surface area (Å²) in [6.07, 6.45) is 3.60. The summed E-state index contributed by atoms with van der Waals surface area (Å²) in [5.41, 5.74) is 7.38. The highest BCUT2D eigenvalue weighted by Gasteiger charge is 2.09. The van der Waals surface area contributed by atoms with Crippen LogP contribution in [0.5, 0.6) is 0 Å². The fourth-order valence-corrected chi connectivity index (χ4v) is 1.65. The molecule has 0 bridgehead atoms. The molecule has 82 valence electrons. The van der Waals surface area contributed by atoms with E-state index in [2.05, 4.69) is 19.9 Å². The third-order valence-electron chi connectivity index (χ3n) is 2.04. The van der Waals surface area contributed by atoms with Crippen LogP contribution in [0, 0.1) is 6.92 Å². The lowest BCUT2D eigenvalue weighted by molar-refractivity contribution is 0.919. The third kappa shape index (κ3) is 2.11. The molecule has 0 radical (unpaired) electrons. The van der Waals surface area contributed by atoms with Crippen molar-refractivity contribution in [3.05, 3.63) is 23.9 Å². The lowest BCUT2D eigenvalue weighted by atomic mass is 10.2. The van der Waals surface area contributed by atoms with E-state index in [0.29, 0.717) is 11.0 Å². The van der Waals surface area contributed by atoms with E-state index >= 15 is 0 Å². The minimum atomic E-state index is 0.222. The van der Waals surface area contributed by atoms with Crippen LogP contribution in [-0.2, 0) is 0 Å². The maximum absolute atomic E-state index is 5.62. The van der Waals surface area contributed by atoms with Crippen LogP contribution < -0.4 is 5.73 Å². The molecule has 0 aliphatic rings. The number of thioether (sulfide) groups is 1. The topological polar surface area (TPSA) is 77.6 Å². The maximum atomic E-state index is 5.62. The lowest BCUT2D eigenvalue weighted by Crippen LogP contribution is -2.03. The first-order valence-corrected chi connectivity index (χ1v) is 5.90. The molecule has 2 rings (SSSR count). The lowest BCUT2D eigenvalue weighted by Gasteiger charge is -2.04. The van der Waals surface area contributed by atoms with Crippen molar-refractivity contribution < 1.29 is 0 Å². The Bertz CT molecular complexity index is 514. The van der Waals surface area contributed by atoms with Crippen molar-refractivity contribution in [3.63, 3.8) is 0 Å². The van der Waals surface area contributed by atoms with E-state index in [0.717, 1.165) is 11.3 Å². The van der Waals surface area contributed by atoms with Gasteiger partial charge >= 0.3 is 0 Å². The van der Waals surface area contributed by atoms with Crippen LogP contribution in [-0.4, -0.2) is 26.2 Å². The fourth-order valence-electron chi connectivity index (χ4n) is 1.29. The van der Waals surface area contributed by atoms with Crippen LogP contribution >= 0.6 is 11.8 Å². The summed E-state index contributed by atoms with van der Waals surface area (Å²) in [5.74, 6) is 0.745. The Kier molecular flexibility index (Phi) is 3.00. The third-order valence-corrected chi connectivity index (χ3v) is 2.58. The zero-order chi connectivity index (χ0) is 11.5. The number of hydrogen-bond donors (Lipinski definition) is 1. The van der Waals surface area contributed by atoms with Crippen LogP contribution in [0.2, 0.25) is 0 Å². The van der Waals surface area contributed by atoms with E-state index < -0.39 is 0 Å². The monoisotopic (exact) mass is 233 g/mol. The highest BCUT2D eigenvalue weighted by atomic mass is 32.2. The van der Waals surface area contributed by atoms with Gasteiger partial charge in [0, 0.05) is 6.20 Å². The Morgan fingerprint density at radius 1 is 1.25 bits per heavy atom. The van der Waals surface area contributed by atoms with Gasteiger partial charge < -0.3 is 5.73 Å². The summed E-state index contributed by atoms with van der Waals surface area (Å²) < 4.78 is 0. The number of pyridine rings is 1. The molecule has 0 aliphatic carbocycles. The molecule has 0 unspecified atom stereocenters. The molecule has 6 heteroatoms. The van der Waals surface area contributed by atoms with E-state index in [1.54, 1.807) is 6.20 Å². The van der Waals surface area contributed by atoms with Gasteiger partial charge in [0.05, 0.1) is 0 Å². The van der Waals surface area contributed by atoms with Crippen LogP contribution in [0.4, 0.5) is 5.95 Å². The minimum Gasteiger partial charge on any atom is -0.368 e. The molecule has 0 saturated carbocycles. The number of hydrogen-bond acceptors (Lipinski definition) is 6. The number of rotatable bonds is 2. The zero-order valence-electron chi connectivity index (χ0n) is 9.01. The van der Waals surface area contributed by atoms with E-state index in [4.69, 9.17) is 5.73 Å². The van der Waals surface area contributed by atoms with Gasteiger partial charge in [-0.3, -0.25) is 4.98 Å². The zero-order valence-corrected chi connectivity index (χ0v) is 9.82. The van der Waals surface area contributed by atoms with Gasteiger partial charge in [0.1, 0.15) is 5.69 Å². The molecule has 0 atom stereocenters. The second-order valence-electron chi connectivity index (χ2n) is 3.17. The van der Waals surface area contributed by atoms with Gasteiger partial charge in [-0.1, -0.05) is 17.8 Å². The SMILES string of the molecule is CSc1nc(N)nc(-c2ncccc2C)n1. The molecule has 0 aromatic carbocycles. The first kappa shape index (κ1) is 10.8. The fraction of sp³-hybridized carbons (Fsp3) is 0.200. The maximum Gasteiger partial charge on any atom is 0.224 e. The predicted octanol–water partition coefficient (Wildman–Crippen LogP) is 1.55. The Balaban J connectivity index is 2.56.